The summed E-state index contributed by atoms with van der Waals surface area (Å²) < 4.78 is 11.2. The SMILES string of the molecule is CCCCC1OC1CC12CC(C)OC(=O)C1C2(C)C. The lowest BCUT2D eigenvalue weighted by atomic mass is 9.83. The third-order valence-electron chi connectivity index (χ3n) is 5.77. The Balaban J connectivity index is 1.65. The van der Waals surface area contributed by atoms with E-state index in [2.05, 4.69) is 20.8 Å². The largest absolute Gasteiger partial charge is 0.462 e. The van der Waals surface area contributed by atoms with E-state index in [1.807, 2.05) is 6.92 Å². The Morgan fingerprint density at radius 2 is 2.05 bits per heavy atom. The molecule has 5 unspecified atom stereocenters. The average molecular weight is 266 g/mol. The summed E-state index contributed by atoms with van der Waals surface area (Å²) in [4.78, 5) is 12.1. The minimum absolute atomic E-state index is 0.0227. The first-order valence-electron chi connectivity index (χ1n) is 7.78. The van der Waals surface area contributed by atoms with Crippen molar-refractivity contribution in [1.82, 2.24) is 0 Å². The fraction of sp³-hybridized carbons (Fsp3) is 0.938. The van der Waals surface area contributed by atoms with Crippen LogP contribution in [0, 0.1) is 16.7 Å². The molecule has 0 amide bonds. The second kappa shape index (κ2) is 4.21. The fourth-order valence-electron chi connectivity index (χ4n) is 4.51. The summed E-state index contributed by atoms with van der Waals surface area (Å²) in [5.41, 5.74) is 0.240. The molecule has 0 aromatic rings. The summed E-state index contributed by atoms with van der Waals surface area (Å²) in [6.07, 6.45) is 6.65. The molecule has 5 atom stereocenters. The maximum atomic E-state index is 12.1. The van der Waals surface area contributed by atoms with Gasteiger partial charge >= 0.3 is 5.97 Å². The third kappa shape index (κ3) is 1.93. The van der Waals surface area contributed by atoms with Gasteiger partial charge in [0.25, 0.3) is 0 Å². The molecule has 2 aliphatic heterocycles. The van der Waals surface area contributed by atoms with Crippen molar-refractivity contribution >= 4 is 5.97 Å². The van der Waals surface area contributed by atoms with E-state index in [9.17, 15) is 4.79 Å². The number of hydrogen-bond acceptors (Lipinski definition) is 3. The number of carbonyl (C=O) groups excluding carboxylic acids is 1. The van der Waals surface area contributed by atoms with E-state index in [1.165, 1.54) is 19.3 Å². The first-order chi connectivity index (χ1) is 8.92. The molecule has 2 heterocycles. The van der Waals surface area contributed by atoms with Crippen molar-refractivity contribution in [2.24, 2.45) is 16.7 Å². The minimum atomic E-state index is 0.0227. The van der Waals surface area contributed by atoms with Crippen molar-refractivity contribution in [1.29, 1.82) is 0 Å². The van der Waals surface area contributed by atoms with Crippen molar-refractivity contribution in [2.45, 2.75) is 78.1 Å². The van der Waals surface area contributed by atoms with Crippen LogP contribution < -0.4 is 0 Å². The van der Waals surface area contributed by atoms with Gasteiger partial charge in [-0.05, 0) is 37.0 Å². The van der Waals surface area contributed by atoms with Gasteiger partial charge in [-0.15, -0.1) is 0 Å². The van der Waals surface area contributed by atoms with Crippen LogP contribution >= 0.6 is 0 Å². The molecule has 3 nitrogen and oxygen atoms in total. The van der Waals surface area contributed by atoms with Gasteiger partial charge in [0.15, 0.2) is 0 Å². The summed E-state index contributed by atoms with van der Waals surface area (Å²) in [6, 6.07) is 0. The van der Waals surface area contributed by atoms with Crippen LogP contribution in [0.1, 0.15) is 59.8 Å². The van der Waals surface area contributed by atoms with E-state index in [-0.39, 0.29) is 28.8 Å². The highest BCUT2D eigenvalue weighted by Crippen LogP contribution is 2.76. The van der Waals surface area contributed by atoms with Crippen molar-refractivity contribution in [2.75, 3.05) is 0 Å². The van der Waals surface area contributed by atoms with Gasteiger partial charge in [-0.3, -0.25) is 4.79 Å². The quantitative estimate of drug-likeness (QED) is 0.566. The number of epoxide rings is 1. The Hall–Kier alpha value is -0.570. The van der Waals surface area contributed by atoms with Gasteiger partial charge in [-0.1, -0.05) is 33.6 Å². The normalized spacial score (nSPS) is 46.4. The number of fused-ring (bicyclic) bond motifs is 1. The van der Waals surface area contributed by atoms with Gasteiger partial charge < -0.3 is 9.47 Å². The first kappa shape index (κ1) is 13.4. The zero-order valence-electron chi connectivity index (χ0n) is 12.6. The number of cyclic esters (lactones) is 1. The Labute approximate surface area is 116 Å². The van der Waals surface area contributed by atoms with Gasteiger partial charge in [0.05, 0.1) is 24.2 Å². The fourth-order valence-corrected chi connectivity index (χ4v) is 4.51. The number of ether oxygens (including phenoxy) is 2. The molecule has 0 aromatic carbocycles. The lowest BCUT2D eigenvalue weighted by Crippen LogP contribution is -2.30. The third-order valence-corrected chi connectivity index (χ3v) is 5.77. The van der Waals surface area contributed by atoms with E-state index in [0.717, 1.165) is 12.8 Å². The standard InChI is InChI=1S/C16H26O3/c1-5-6-7-11-12(19-11)9-16-8-10(2)18-14(17)13(16)15(16,3)4/h10-13H,5-9H2,1-4H3. The Morgan fingerprint density at radius 1 is 1.32 bits per heavy atom. The molecule has 0 spiro atoms. The van der Waals surface area contributed by atoms with E-state index in [1.54, 1.807) is 0 Å². The smallest absolute Gasteiger partial charge is 0.310 e. The minimum Gasteiger partial charge on any atom is -0.462 e. The second-order valence-corrected chi connectivity index (χ2v) is 7.32. The topological polar surface area (TPSA) is 38.8 Å². The Morgan fingerprint density at radius 3 is 2.74 bits per heavy atom. The number of hydrogen-bond donors (Lipinski definition) is 0. The van der Waals surface area contributed by atoms with Crippen molar-refractivity contribution in [3.63, 3.8) is 0 Å². The highest BCUT2D eigenvalue weighted by Gasteiger charge is 2.77. The summed E-state index contributed by atoms with van der Waals surface area (Å²) >= 11 is 0. The number of unbranched alkanes of at least 4 members (excludes halogenated alkanes) is 1. The van der Waals surface area contributed by atoms with E-state index in [0.29, 0.717) is 12.2 Å². The van der Waals surface area contributed by atoms with Crippen LogP contribution in [-0.2, 0) is 14.3 Å². The molecule has 1 saturated carbocycles. The van der Waals surface area contributed by atoms with Gasteiger partial charge in [-0.2, -0.15) is 0 Å². The number of carbonyl (C=O) groups is 1. The van der Waals surface area contributed by atoms with Gasteiger partial charge in [-0.25, -0.2) is 0 Å². The van der Waals surface area contributed by atoms with Crippen LogP contribution in [0.25, 0.3) is 0 Å². The molecule has 0 bridgehead atoms. The average Bonchev–Trinajstić information content (AvgIpc) is 3.13. The number of rotatable bonds is 5. The lowest BCUT2D eigenvalue weighted by molar-refractivity contribution is -0.156. The highest BCUT2D eigenvalue weighted by atomic mass is 16.6. The maximum absolute atomic E-state index is 12.1. The van der Waals surface area contributed by atoms with E-state index in [4.69, 9.17) is 9.47 Å². The molecule has 0 radical (unpaired) electrons. The molecule has 3 rings (SSSR count). The van der Waals surface area contributed by atoms with Gasteiger partial charge in [0, 0.05) is 0 Å². The van der Waals surface area contributed by atoms with E-state index >= 15 is 0 Å². The van der Waals surface area contributed by atoms with Crippen LogP contribution in [-0.4, -0.2) is 24.3 Å². The monoisotopic (exact) mass is 266 g/mol. The lowest BCUT2D eigenvalue weighted by Gasteiger charge is -2.27. The molecule has 0 N–H and O–H groups in total. The molecule has 3 heteroatoms. The predicted molar refractivity (Wildman–Crippen MR) is 72.7 cm³/mol. The summed E-state index contributed by atoms with van der Waals surface area (Å²) in [5.74, 6) is 0.127. The van der Waals surface area contributed by atoms with Crippen molar-refractivity contribution in [3.05, 3.63) is 0 Å². The highest BCUT2D eigenvalue weighted by molar-refractivity contribution is 5.80. The van der Waals surface area contributed by atoms with Crippen LogP contribution in [0.15, 0.2) is 0 Å². The summed E-state index contributed by atoms with van der Waals surface area (Å²) in [5, 5.41) is 0. The summed E-state index contributed by atoms with van der Waals surface area (Å²) in [6.45, 7) is 8.68. The van der Waals surface area contributed by atoms with E-state index < -0.39 is 0 Å². The molecule has 1 aliphatic carbocycles. The molecule has 108 valence electrons. The van der Waals surface area contributed by atoms with Crippen molar-refractivity contribution < 1.29 is 14.3 Å². The predicted octanol–water partition coefficient (Wildman–Crippen LogP) is 3.31. The molecule has 3 aliphatic rings. The molecule has 2 saturated heterocycles. The van der Waals surface area contributed by atoms with Crippen LogP contribution in [0.2, 0.25) is 0 Å². The molecule has 3 fully saturated rings. The first-order valence-corrected chi connectivity index (χ1v) is 7.78. The zero-order chi connectivity index (χ0) is 13.8. The molecule has 0 aromatic heterocycles. The van der Waals surface area contributed by atoms with Crippen LogP contribution in [0.4, 0.5) is 0 Å². The Kier molecular flexibility index (Phi) is 2.97. The van der Waals surface area contributed by atoms with Gasteiger partial charge in [0.1, 0.15) is 0 Å². The summed E-state index contributed by atoms with van der Waals surface area (Å²) in [7, 11) is 0. The Bertz CT molecular complexity index is 389. The molecular formula is C16H26O3. The molecular weight excluding hydrogens is 240 g/mol. The number of esters is 1. The second-order valence-electron chi connectivity index (χ2n) is 7.32. The van der Waals surface area contributed by atoms with Crippen molar-refractivity contribution in [3.8, 4) is 0 Å². The maximum Gasteiger partial charge on any atom is 0.310 e. The van der Waals surface area contributed by atoms with Gasteiger partial charge in [0.2, 0.25) is 0 Å². The van der Waals surface area contributed by atoms with Crippen LogP contribution in [0.5, 0.6) is 0 Å². The van der Waals surface area contributed by atoms with Crippen LogP contribution in [0.3, 0.4) is 0 Å². The molecule has 19 heavy (non-hydrogen) atoms. The zero-order valence-corrected chi connectivity index (χ0v) is 12.6.